The third kappa shape index (κ3) is 4.17. The number of nitrogens with zero attached hydrogens (tertiary/aromatic N) is 2. The molecule has 0 unspecified atom stereocenters. The molecule has 0 radical (unpaired) electrons. The van der Waals surface area contributed by atoms with Crippen LogP contribution in [0, 0.1) is 5.82 Å². The first-order chi connectivity index (χ1) is 16.1. The number of anilines is 1. The number of hydrogen-bond acceptors (Lipinski definition) is 4. The van der Waals surface area contributed by atoms with E-state index in [0.717, 1.165) is 16.3 Å². The van der Waals surface area contributed by atoms with Crippen molar-refractivity contribution in [2.24, 2.45) is 0 Å². The number of benzene rings is 4. The van der Waals surface area contributed by atoms with Crippen molar-refractivity contribution in [3.63, 3.8) is 0 Å². The summed E-state index contributed by atoms with van der Waals surface area (Å²) in [6.45, 7) is 2.67. The number of carbonyl (C=O) groups excluding carboxylic acids is 1. The summed E-state index contributed by atoms with van der Waals surface area (Å²) in [7, 11) is 0. The molecule has 0 N–H and O–H groups in total. The Morgan fingerprint density at radius 2 is 1.79 bits per heavy atom. The molecular formula is C27H21FN2O2S. The first kappa shape index (κ1) is 21.1. The largest absolute Gasteiger partial charge is 0.493 e. The standard InChI is InChI=1S/C27H21FN2O2S/c1-2-32-23-15-12-19-10-6-7-11-21(19)25(23)26(31)30(17-18-8-4-3-5-9-18)27-29-22-14-13-20(28)16-24(22)33-27/h3-16H,2,17H2,1H3. The molecule has 6 heteroatoms. The second-order valence-corrected chi connectivity index (χ2v) is 8.59. The number of carbonyl (C=O) groups is 1. The highest BCUT2D eigenvalue weighted by Crippen LogP contribution is 2.35. The van der Waals surface area contributed by atoms with E-state index < -0.39 is 0 Å². The highest BCUT2D eigenvalue weighted by Gasteiger charge is 2.26. The van der Waals surface area contributed by atoms with E-state index in [9.17, 15) is 9.18 Å². The zero-order valence-corrected chi connectivity index (χ0v) is 18.8. The molecule has 0 saturated heterocycles. The topological polar surface area (TPSA) is 42.4 Å². The van der Waals surface area contributed by atoms with E-state index in [0.29, 0.717) is 39.8 Å². The molecule has 5 aromatic rings. The lowest BCUT2D eigenvalue weighted by molar-refractivity contribution is 0.0983. The number of halogens is 1. The Morgan fingerprint density at radius 3 is 2.61 bits per heavy atom. The molecule has 4 nitrogen and oxygen atoms in total. The fraction of sp³-hybridized carbons (Fsp3) is 0.111. The Morgan fingerprint density at radius 1 is 1.00 bits per heavy atom. The Hall–Kier alpha value is -3.77. The van der Waals surface area contributed by atoms with Crippen molar-refractivity contribution in [3.05, 3.63) is 102 Å². The lowest BCUT2D eigenvalue weighted by atomic mass is 10.0. The van der Waals surface area contributed by atoms with Crippen molar-refractivity contribution in [2.75, 3.05) is 11.5 Å². The van der Waals surface area contributed by atoms with Crippen molar-refractivity contribution in [1.29, 1.82) is 0 Å². The van der Waals surface area contributed by atoms with Crippen LogP contribution in [0.1, 0.15) is 22.8 Å². The quantitative estimate of drug-likeness (QED) is 0.281. The third-order valence-electron chi connectivity index (χ3n) is 5.40. The van der Waals surface area contributed by atoms with Crippen LogP contribution in [0.15, 0.2) is 84.9 Å². The minimum absolute atomic E-state index is 0.210. The lowest BCUT2D eigenvalue weighted by Crippen LogP contribution is -2.31. The molecule has 164 valence electrons. The van der Waals surface area contributed by atoms with Gasteiger partial charge >= 0.3 is 0 Å². The van der Waals surface area contributed by atoms with Gasteiger partial charge in [0.2, 0.25) is 0 Å². The molecule has 0 aliphatic rings. The van der Waals surface area contributed by atoms with Gasteiger partial charge in [-0.1, -0.05) is 72.0 Å². The van der Waals surface area contributed by atoms with Crippen LogP contribution in [0.25, 0.3) is 21.0 Å². The first-order valence-corrected chi connectivity index (χ1v) is 11.5. The van der Waals surface area contributed by atoms with Gasteiger partial charge < -0.3 is 4.74 Å². The zero-order chi connectivity index (χ0) is 22.8. The van der Waals surface area contributed by atoms with Gasteiger partial charge in [0.15, 0.2) is 5.13 Å². The molecule has 1 heterocycles. The molecule has 0 fully saturated rings. The Kier molecular flexibility index (Phi) is 5.75. The van der Waals surface area contributed by atoms with Crippen molar-refractivity contribution in [2.45, 2.75) is 13.5 Å². The van der Waals surface area contributed by atoms with E-state index >= 15 is 0 Å². The van der Waals surface area contributed by atoms with Gasteiger partial charge in [-0.15, -0.1) is 0 Å². The van der Waals surface area contributed by atoms with E-state index in [2.05, 4.69) is 4.98 Å². The molecule has 33 heavy (non-hydrogen) atoms. The van der Waals surface area contributed by atoms with Crippen LogP contribution < -0.4 is 9.64 Å². The van der Waals surface area contributed by atoms with Gasteiger partial charge in [-0.3, -0.25) is 9.69 Å². The Labute approximate surface area is 194 Å². The molecule has 0 aliphatic carbocycles. The average Bonchev–Trinajstić information content (AvgIpc) is 3.25. The van der Waals surface area contributed by atoms with Gasteiger partial charge in [0, 0.05) is 0 Å². The number of rotatable bonds is 6. The van der Waals surface area contributed by atoms with Crippen LogP contribution in [0.3, 0.4) is 0 Å². The van der Waals surface area contributed by atoms with Crippen molar-refractivity contribution in [3.8, 4) is 5.75 Å². The number of fused-ring (bicyclic) bond motifs is 2. The maximum absolute atomic E-state index is 14.1. The summed E-state index contributed by atoms with van der Waals surface area (Å²) in [4.78, 5) is 20.5. The van der Waals surface area contributed by atoms with Gasteiger partial charge in [0.05, 0.1) is 28.9 Å². The molecule has 4 aromatic carbocycles. The maximum Gasteiger partial charge on any atom is 0.264 e. The van der Waals surface area contributed by atoms with Gasteiger partial charge in [-0.2, -0.15) is 0 Å². The van der Waals surface area contributed by atoms with E-state index in [-0.39, 0.29) is 11.7 Å². The summed E-state index contributed by atoms with van der Waals surface area (Å²) in [6, 6.07) is 25.8. The summed E-state index contributed by atoms with van der Waals surface area (Å²) in [5.74, 6) is -0.00336. The van der Waals surface area contributed by atoms with E-state index in [4.69, 9.17) is 4.74 Å². The first-order valence-electron chi connectivity index (χ1n) is 10.7. The summed E-state index contributed by atoms with van der Waals surface area (Å²) in [5.41, 5.74) is 2.12. The second-order valence-electron chi connectivity index (χ2n) is 7.58. The highest BCUT2D eigenvalue weighted by molar-refractivity contribution is 7.22. The third-order valence-corrected chi connectivity index (χ3v) is 6.44. The molecule has 1 aromatic heterocycles. The molecule has 0 bridgehead atoms. The SMILES string of the molecule is CCOc1ccc2ccccc2c1C(=O)N(Cc1ccccc1)c1nc2ccc(F)cc2s1. The molecule has 0 spiro atoms. The van der Waals surface area contributed by atoms with Crippen LogP contribution in [0.5, 0.6) is 5.75 Å². The van der Waals surface area contributed by atoms with Crippen LogP contribution in [-0.2, 0) is 6.54 Å². The fourth-order valence-electron chi connectivity index (χ4n) is 3.88. The molecule has 5 rings (SSSR count). The van der Waals surface area contributed by atoms with Crippen LogP contribution in [0.2, 0.25) is 0 Å². The van der Waals surface area contributed by atoms with Crippen molar-refractivity contribution < 1.29 is 13.9 Å². The normalized spacial score (nSPS) is 11.1. The van der Waals surface area contributed by atoms with Gasteiger partial charge in [0.1, 0.15) is 11.6 Å². The summed E-state index contributed by atoms with van der Waals surface area (Å²) in [6.07, 6.45) is 0. The van der Waals surface area contributed by atoms with E-state index in [1.54, 1.807) is 11.0 Å². The smallest absolute Gasteiger partial charge is 0.264 e. The highest BCUT2D eigenvalue weighted by atomic mass is 32.1. The fourth-order valence-corrected chi connectivity index (χ4v) is 4.87. The predicted octanol–water partition coefficient (Wildman–Crippen LogP) is 6.83. The predicted molar refractivity (Wildman–Crippen MR) is 132 cm³/mol. The number of aromatic nitrogens is 1. The van der Waals surface area contributed by atoms with Crippen LogP contribution >= 0.6 is 11.3 Å². The second kappa shape index (κ2) is 9.00. The Bertz CT molecular complexity index is 1450. The summed E-state index contributed by atoms with van der Waals surface area (Å²) in [5, 5.41) is 2.29. The van der Waals surface area contributed by atoms with Gasteiger partial charge in [-0.05, 0) is 47.5 Å². The minimum atomic E-state index is -0.327. The summed E-state index contributed by atoms with van der Waals surface area (Å²) < 4.78 is 20.4. The molecule has 0 aliphatic heterocycles. The zero-order valence-electron chi connectivity index (χ0n) is 18.0. The van der Waals surface area contributed by atoms with Crippen LogP contribution in [0.4, 0.5) is 9.52 Å². The maximum atomic E-state index is 14.1. The van der Waals surface area contributed by atoms with Crippen LogP contribution in [-0.4, -0.2) is 17.5 Å². The van der Waals surface area contributed by atoms with Crippen molar-refractivity contribution >= 4 is 43.4 Å². The van der Waals surface area contributed by atoms with E-state index in [1.807, 2.05) is 73.7 Å². The van der Waals surface area contributed by atoms with Crippen molar-refractivity contribution in [1.82, 2.24) is 4.98 Å². The lowest BCUT2D eigenvalue weighted by Gasteiger charge is -2.22. The number of hydrogen-bond donors (Lipinski definition) is 0. The minimum Gasteiger partial charge on any atom is -0.493 e. The molecule has 1 amide bonds. The average molecular weight is 457 g/mol. The molecular weight excluding hydrogens is 435 g/mol. The van der Waals surface area contributed by atoms with Gasteiger partial charge in [-0.25, -0.2) is 9.37 Å². The monoisotopic (exact) mass is 456 g/mol. The molecule has 0 saturated carbocycles. The Balaban J connectivity index is 1.68. The number of thiazole rings is 1. The van der Waals surface area contributed by atoms with E-state index in [1.165, 1.54) is 23.5 Å². The number of ether oxygens (including phenoxy) is 1. The number of amides is 1. The summed E-state index contributed by atoms with van der Waals surface area (Å²) >= 11 is 1.30. The van der Waals surface area contributed by atoms with Gasteiger partial charge in [0.25, 0.3) is 5.91 Å². The molecule has 0 atom stereocenters.